The van der Waals surface area contributed by atoms with E-state index in [2.05, 4.69) is 37.4 Å². The lowest BCUT2D eigenvalue weighted by molar-refractivity contribution is 0.624. The largest absolute Gasteiger partial charge is 0.382 e. The number of hydrogen-bond donors (Lipinski definition) is 1. The molecule has 3 heteroatoms. The first-order chi connectivity index (χ1) is 8.19. The van der Waals surface area contributed by atoms with Gasteiger partial charge < -0.3 is 5.32 Å². The van der Waals surface area contributed by atoms with Crippen LogP contribution < -0.4 is 5.32 Å². The van der Waals surface area contributed by atoms with Crippen molar-refractivity contribution in [1.82, 2.24) is 0 Å². The Labute approximate surface area is 106 Å². The standard InChI is InChI=1S/C14H21NOS/c1-3-12-4-5-14(10-11(12)2)15-13-6-8-17(16)9-7-13/h4-5,10,13,15H,3,6-9H2,1-2H3. The molecule has 0 spiro atoms. The van der Waals surface area contributed by atoms with Gasteiger partial charge in [0.25, 0.3) is 0 Å². The molecular formula is C14H21NOS. The van der Waals surface area contributed by atoms with E-state index in [1.54, 1.807) is 0 Å². The second-order valence-corrected chi connectivity index (χ2v) is 6.46. The highest BCUT2D eigenvalue weighted by Gasteiger charge is 2.17. The van der Waals surface area contributed by atoms with Crippen molar-refractivity contribution in [1.29, 1.82) is 0 Å². The smallest absolute Gasteiger partial charge is 0.0345 e. The van der Waals surface area contributed by atoms with Crippen LogP contribution in [0.2, 0.25) is 0 Å². The van der Waals surface area contributed by atoms with Crippen LogP contribution in [0.3, 0.4) is 0 Å². The Bertz CT molecular complexity index is 407. The molecule has 2 rings (SSSR count). The van der Waals surface area contributed by atoms with E-state index in [0.717, 1.165) is 30.8 Å². The Morgan fingerprint density at radius 2 is 2.06 bits per heavy atom. The quantitative estimate of drug-likeness (QED) is 0.895. The summed E-state index contributed by atoms with van der Waals surface area (Å²) in [6.45, 7) is 4.35. The zero-order valence-electron chi connectivity index (χ0n) is 10.7. The molecule has 0 aliphatic carbocycles. The third-order valence-electron chi connectivity index (χ3n) is 3.48. The molecule has 1 aromatic rings. The molecule has 94 valence electrons. The maximum atomic E-state index is 11.3. The maximum Gasteiger partial charge on any atom is 0.0345 e. The van der Waals surface area contributed by atoms with Gasteiger partial charge in [-0.1, -0.05) is 13.0 Å². The fraction of sp³-hybridized carbons (Fsp3) is 0.571. The summed E-state index contributed by atoms with van der Waals surface area (Å²) in [4.78, 5) is 0. The molecule has 1 N–H and O–H groups in total. The van der Waals surface area contributed by atoms with E-state index in [0.29, 0.717) is 6.04 Å². The highest BCUT2D eigenvalue weighted by molar-refractivity contribution is 7.85. The zero-order valence-corrected chi connectivity index (χ0v) is 11.5. The van der Waals surface area contributed by atoms with E-state index in [4.69, 9.17) is 0 Å². The van der Waals surface area contributed by atoms with Gasteiger partial charge in [0.1, 0.15) is 0 Å². The fourth-order valence-corrected chi connectivity index (χ4v) is 3.66. The summed E-state index contributed by atoms with van der Waals surface area (Å²) in [6.07, 6.45) is 3.15. The monoisotopic (exact) mass is 251 g/mol. The molecule has 1 aliphatic rings. The second kappa shape index (κ2) is 5.67. The molecule has 0 atom stereocenters. The summed E-state index contributed by atoms with van der Waals surface area (Å²) < 4.78 is 11.3. The molecule has 0 unspecified atom stereocenters. The summed E-state index contributed by atoms with van der Waals surface area (Å²) >= 11 is 0. The lowest BCUT2D eigenvalue weighted by Crippen LogP contribution is -2.29. The molecule has 17 heavy (non-hydrogen) atoms. The van der Waals surface area contributed by atoms with Crippen LogP contribution >= 0.6 is 0 Å². The van der Waals surface area contributed by atoms with Gasteiger partial charge in [-0.25, -0.2) is 0 Å². The maximum absolute atomic E-state index is 11.3. The van der Waals surface area contributed by atoms with Gasteiger partial charge in [0, 0.05) is 34.0 Å². The van der Waals surface area contributed by atoms with E-state index in [1.165, 1.54) is 16.8 Å². The van der Waals surface area contributed by atoms with E-state index in [9.17, 15) is 4.21 Å². The van der Waals surface area contributed by atoms with Crippen LogP contribution in [-0.4, -0.2) is 21.8 Å². The third kappa shape index (κ3) is 3.32. The van der Waals surface area contributed by atoms with Gasteiger partial charge >= 0.3 is 0 Å². The SMILES string of the molecule is CCc1ccc(NC2CCS(=O)CC2)cc1C. The summed E-state index contributed by atoms with van der Waals surface area (Å²) in [5, 5.41) is 3.56. The normalized spacial score (nSPS) is 24.6. The minimum Gasteiger partial charge on any atom is -0.382 e. The number of nitrogens with one attached hydrogen (secondary N) is 1. The highest BCUT2D eigenvalue weighted by Crippen LogP contribution is 2.19. The minimum absolute atomic E-state index is 0.500. The van der Waals surface area contributed by atoms with E-state index in [1.807, 2.05) is 0 Å². The average Bonchev–Trinajstić information content (AvgIpc) is 2.32. The van der Waals surface area contributed by atoms with E-state index in [-0.39, 0.29) is 0 Å². The number of benzene rings is 1. The van der Waals surface area contributed by atoms with Crippen LogP contribution in [0.25, 0.3) is 0 Å². The van der Waals surface area contributed by atoms with Crippen LogP contribution in [0, 0.1) is 6.92 Å². The minimum atomic E-state index is -0.568. The van der Waals surface area contributed by atoms with Gasteiger partial charge in [0.05, 0.1) is 0 Å². The Morgan fingerprint density at radius 3 is 2.65 bits per heavy atom. The Morgan fingerprint density at radius 1 is 1.35 bits per heavy atom. The second-order valence-electron chi connectivity index (χ2n) is 4.76. The molecule has 0 aromatic heterocycles. The van der Waals surface area contributed by atoms with E-state index < -0.39 is 10.8 Å². The molecule has 0 radical (unpaired) electrons. The van der Waals surface area contributed by atoms with Crippen molar-refractivity contribution in [3.8, 4) is 0 Å². The highest BCUT2D eigenvalue weighted by atomic mass is 32.2. The molecule has 0 amide bonds. The molecule has 1 saturated heterocycles. The van der Waals surface area contributed by atoms with Gasteiger partial charge in [-0.3, -0.25) is 4.21 Å². The predicted octanol–water partition coefficient (Wildman–Crippen LogP) is 2.88. The molecule has 2 nitrogen and oxygen atoms in total. The number of anilines is 1. The van der Waals surface area contributed by atoms with Gasteiger partial charge in [0.2, 0.25) is 0 Å². The first-order valence-corrected chi connectivity index (χ1v) is 7.89. The van der Waals surface area contributed by atoms with Crippen molar-refractivity contribution in [2.24, 2.45) is 0 Å². The number of rotatable bonds is 3. The zero-order chi connectivity index (χ0) is 12.3. The summed E-state index contributed by atoms with van der Waals surface area (Å²) in [5.74, 6) is 1.70. The summed E-state index contributed by atoms with van der Waals surface area (Å²) in [7, 11) is -0.568. The van der Waals surface area contributed by atoms with Crippen molar-refractivity contribution >= 4 is 16.5 Å². The lowest BCUT2D eigenvalue weighted by atomic mass is 10.0. The molecule has 0 saturated carbocycles. The molecular weight excluding hydrogens is 230 g/mol. The fourth-order valence-electron chi connectivity index (χ4n) is 2.36. The molecule has 1 heterocycles. The van der Waals surface area contributed by atoms with Crippen LogP contribution in [0.1, 0.15) is 30.9 Å². The Balaban J connectivity index is 1.99. The first-order valence-electron chi connectivity index (χ1n) is 6.40. The summed E-state index contributed by atoms with van der Waals surface area (Å²) in [6, 6.07) is 7.10. The molecule has 0 bridgehead atoms. The molecule has 1 fully saturated rings. The van der Waals surface area contributed by atoms with Gasteiger partial charge in [-0.2, -0.15) is 0 Å². The van der Waals surface area contributed by atoms with Crippen LogP contribution in [0.4, 0.5) is 5.69 Å². The lowest BCUT2D eigenvalue weighted by Gasteiger charge is -2.24. The Hall–Kier alpha value is -0.830. The van der Waals surface area contributed by atoms with Crippen LogP contribution in [0.15, 0.2) is 18.2 Å². The van der Waals surface area contributed by atoms with E-state index >= 15 is 0 Å². The number of hydrogen-bond acceptors (Lipinski definition) is 2. The van der Waals surface area contributed by atoms with Crippen molar-refractivity contribution in [2.45, 2.75) is 39.2 Å². The van der Waals surface area contributed by atoms with Crippen molar-refractivity contribution < 1.29 is 4.21 Å². The molecule has 1 aromatic carbocycles. The van der Waals surface area contributed by atoms with Crippen molar-refractivity contribution in [2.75, 3.05) is 16.8 Å². The van der Waals surface area contributed by atoms with Gasteiger partial charge in [0.15, 0.2) is 0 Å². The van der Waals surface area contributed by atoms with Gasteiger partial charge in [-0.05, 0) is 49.4 Å². The topological polar surface area (TPSA) is 29.1 Å². The van der Waals surface area contributed by atoms with Crippen molar-refractivity contribution in [3.63, 3.8) is 0 Å². The molecule has 1 aliphatic heterocycles. The van der Waals surface area contributed by atoms with Crippen molar-refractivity contribution in [3.05, 3.63) is 29.3 Å². The van der Waals surface area contributed by atoms with Crippen LogP contribution in [-0.2, 0) is 17.2 Å². The third-order valence-corrected chi connectivity index (χ3v) is 4.86. The summed E-state index contributed by atoms with van der Waals surface area (Å²) in [5.41, 5.74) is 3.98. The van der Waals surface area contributed by atoms with Crippen LogP contribution in [0.5, 0.6) is 0 Å². The Kier molecular flexibility index (Phi) is 4.21. The number of aryl methyl sites for hydroxylation is 2. The predicted molar refractivity (Wildman–Crippen MR) is 75.1 cm³/mol. The first kappa shape index (κ1) is 12.6. The average molecular weight is 251 g/mol. The van der Waals surface area contributed by atoms with Gasteiger partial charge in [-0.15, -0.1) is 0 Å².